The fourth-order valence-electron chi connectivity index (χ4n) is 3.29. The number of nitrogens with one attached hydrogen (secondary N) is 1. The Labute approximate surface area is 161 Å². The first-order valence-corrected chi connectivity index (χ1v) is 10.7. The molecule has 1 heterocycles. The van der Waals surface area contributed by atoms with Gasteiger partial charge >= 0.3 is 0 Å². The monoisotopic (exact) mass is 366 g/mol. The molecule has 0 saturated carbocycles. The van der Waals surface area contributed by atoms with Gasteiger partial charge in [0.1, 0.15) is 18.4 Å². The smallest absolute Gasteiger partial charge is 0.241 e. The molecule has 1 rings (SSSR count). The Morgan fingerprint density at radius 3 is 1.96 bits per heavy atom. The van der Waals surface area contributed by atoms with Gasteiger partial charge in [-0.1, -0.05) is 89.7 Å². The third-order valence-corrected chi connectivity index (χ3v) is 5.00. The van der Waals surface area contributed by atoms with Crippen molar-refractivity contribution in [1.82, 2.24) is 4.98 Å². The Morgan fingerprint density at radius 1 is 0.885 bits per heavy atom. The molecule has 0 aliphatic carbocycles. The third-order valence-electron chi connectivity index (χ3n) is 5.00. The minimum Gasteiger partial charge on any atom is -0.870 e. The number of unbranched alkanes of at least 4 members (excludes halogenated alkanes) is 12. The van der Waals surface area contributed by atoms with Crippen molar-refractivity contribution < 1.29 is 15.1 Å². The summed E-state index contributed by atoms with van der Waals surface area (Å²) < 4.78 is 2.04. The Hall–Kier alpha value is -1.13. The molecule has 0 aromatic carbocycles. The lowest BCUT2D eigenvalue weighted by Gasteiger charge is -2.07. The zero-order chi connectivity index (χ0) is 18.0. The van der Waals surface area contributed by atoms with E-state index in [0.29, 0.717) is 0 Å². The van der Waals surface area contributed by atoms with Crippen LogP contribution in [0.15, 0.2) is 30.9 Å². The van der Waals surface area contributed by atoms with E-state index in [1.54, 1.807) is 0 Å². The zero-order valence-electron chi connectivity index (χ0n) is 16.9. The van der Waals surface area contributed by atoms with Gasteiger partial charge in [0.05, 0.1) is 6.61 Å². The summed E-state index contributed by atoms with van der Waals surface area (Å²) in [4.78, 5) is 3.03. The number of aliphatic hydroxyl groups excluding tert-OH is 1. The fourth-order valence-corrected chi connectivity index (χ4v) is 3.29. The summed E-state index contributed by atoms with van der Waals surface area (Å²) in [6, 6.07) is 0.157. The number of allylic oxidation sites excluding steroid dienone is 2. The Morgan fingerprint density at radius 2 is 1.46 bits per heavy atom. The molecule has 0 bridgehead atoms. The Kier molecular flexibility index (Phi) is 17.8. The highest BCUT2D eigenvalue weighted by Gasteiger charge is 2.11. The van der Waals surface area contributed by atoms with Crippen molar-refractivity contribution in [2.75, 3.05) is 6.61 Å². The standard InChI is InChI=1S/C22H40N2O.H2O/c1-2-3-4-5-6-7-8-9-10-11-12-13-14-15-16-17-22(20-25)24-19-18-23-21-24;/h15-16,18-19,21-22,25H,2-14,17,20H2,1H3;1H2. The summed E-state index contributed by atoms with van der Waals surface area (Å²) in [5, 5.41) is 9.44. The molecule has 0 saturated heterocycles. The van der Waals surface area contributed by atoms with E-state index in [-0.39, 0.29) is 18.1 Å². The maximum absolute atomic E-state index is 9.44. The van der Waals surface area contributed by atoms with Gasteiger partial charge < -0.3 is 10.6 Å². The van der Waals surface area contributed by atoms with Crippen molar-refractivity contribution >= 4 is 0 Å². The summed E-state index contributed by atoms with van der Waals surface area (Å²) in [5.74, 6) is 0. The van der Waals surface area contributed by atoms with Crippen LogP contribution in [0.2, 0.25) is 0 Å². The molecule has 0 fully saturated rings. The summed E-state index contributed by atoms with van der Waals surface area (Å²) >= 11 is 0. The molecule has 0 spiro atoms. The highest BCUT2D eigenvalue weighted by molar-refractivity contribution is 4.83. The second-order valence-electron chi connectivity index (χ2n) is 7.28. The van der Waals surface area contributed by atoms with Gasteiger partial charge in [-0.05, 0) is 12.8 Å². The van der Waals surface area contributed by atoms with Crippen molar-refractivity contribution in [2.45, 2.75) is 103 Å². The lowest BCUT2D eigenvalue weighted by molar-refractivity contribution is -0.722. The predicted octanol–water partition coefficient (Wildman–Crippen LogP) is 5.70. The number of nitrogens with zero attached hydrogens (tertiary/aromatic N) is 1. The van der Waals surface area contributed by atoms with Gasteiger partial charge in [-0.2, -0.15) is 0 Å². The summed E-state index contributed by atoms with van der Waals surface area (Å²) in [6.07, 6.45) is 29.2. The minimum atomic E-state index is 0. The third kappa shape index (κ3) is 13.1. The van der Waals surface area contributed by atoms with Crippen LogP contribution in [-0.2, 0) is 0 Å². The van der Waals surface area contributed by atoms with Crippen LogP contribution in [0.25, 0.3) is 0 Å². The molecule has 3 N–H and O–H groups in total. The Bertz CT molecular complexity index is 404. The van der Waals surface area contributed by atoms with Crippen molar-refractivity contribution in [3.8, 4) is 0 Å². The SMILES string of the molecule is CCCCCCCCCCCCCCC=CCC(CO)[n+]1cc[nH]c1.[OH-]. The molecule has 152 valence electrons. The normalized spacial score (nSPS) is 12.4. The number of aromatic amines is 1. The van der Waals surface area contributed by atoms with E-state index < -0.39 is 0 Å². The average Bonchev–Trinajstić information content (AvgIpc) is 3.16. The van der Waals surface area contributed by atoms with E-state index in [9.17, 15) is 5.11 Å². The second kappa shape index (κ2) is 18.7. The molecule has 0 radical (unpaired) electrons. The van der Waals surface area contributed by atoms with Crippen LogP contribution in [0.4, 0.5) is 0 Å². The molecule has 1 unspecified atom stereocenters. The number of imidazole rings is 1. The van der Waals surface area contributed by atoms with Gasteiger partial charge in [0.15, 0.2) is 0 Å². The van der Waals surface area contributed by atoms with Crippen LogP contribution >= 0.6 is 0 Å². The predicted molar refractivity (Wildman–Crippen MR) is 108 cm³/mol. The number of rotatable bonds is 17. The Balaban J connectivity index is 0.00000625. The summed E-state index contributed by atoms with van der Waals surface area (Å²) in [7, 11) is 0. The molecular formula is C22H42N2O2. The molecule has 1 atom stereocenters. The minimum absolute atomic E-state index is 0. The quantitative estimate of drug-likeness (QED) is 0.211. The second-order valence-corrected chi connectivity index (χ2v) is 7.28. The molecule has 1 aromatic heterocycles. The van der Waals surface area contributed by atoms with Gasteiger partial charge in [-0.3, -0.25) is 4.98 Å². The first kappa shape index (κ1) is 24.9. The van der Waals surface area contributed by atoms with Crippen LogP contribution in [-0.4, -0.2) is 22.2 Å². The van der Waals surface area contributed by atoms with Gasteiger partial charge in [0, 0.05) is 6.42 Å². The van der Waals surface area contributed by atoms with Crippen LogP contribution in [0, 0.1) is 0 Å². The van der Waals surface area contributed by atoms with Gasteiger partial charge in [-0.15, -0.1) is 0 Å². The number of H-pyrrole nitrogens is 1. The van der Waals surface area contributed by atoms with Crippen LogP contribution in [0.3, 0.4) is 0 Å². The maximum Gasteiger partial charge on any atom is 0.241 e. The highest BCUT2D eigenvalue weighted by atomic mass is 16.3. The van der Waals surface area contributed by atoms with Crippen LogP contribution < -0.4 is 4.57 Å². The fraction of sp³-hybridized carbons (Fsp3) is 0.773. The summed E-state index contributed by atoms with van der Waals surface area (Å²) in [6.45, 7) is 2.47. The lowest BCUT2D eigenvalue weighted by atomic mass is 10.0. The number of aliphatic hydroxyl groups is 1. The first-order valence-electron chi connectivity index (χ1n) is 10.7. The van der Waals surface area contributed by atoms with E-state index in [1.807, 2.05) is 23.3 Å². The lowest BCUT2D eigenvalue weighted by Crippen LogP contribution is -2.38. The molecule has 0 amide bonds. The zero-order valence-corrected chi connectivity index (χ0v) is 16.9. The number of aromatic nitrogens is 2. The molecule has 1 aromatic rings. The highest BCUT2D eigenvalue weighted by Crippen LogP contribution is 2.12. The largest absolute Gasteiger partial charge is 0.870 e. The van der Waals surface area contributed by atoms with Gasteiger partial charge in [-0.25, -0.2) is 4.57 Å². The molecular weight excluding hydrogens is 324 g/mol. The molecule has 0 aliphatic heterocycles. The molecule has 4 nitrogen and oxygen atoms in total. The van der Waals surface area contributed by atoms with Gasteiger partial charge in [0.25, 0.3) is 0 Å². The van der Waals surface area contributed by atoms with E-state index in [4.69, 9.17) is 0 Å². The van der Waals surface area contributed by atoms with E-state index in [2.05, 4.69) is 24.1 Å². The summed E-state index contributed by atoms with van der Waals surface area (Å²) in [5.41, 5.74) is 0. The van der Waals surface area contributed by atoms with Crippen molar-refractivity contribution in [3.63, 3.8) is 0 Å². The van der Waals surface area contributed by atoms with Crippen molar-refractivity contribution in [1.29, 1.82) is 0 Å². The number of hydrogen-bond donors (Lipinski definition) is 2. The maximum atomic E-state index is 9.44. The van der Waals surface area contributed by atoms with E-state index in [1.165, 1.54) is 83.5 Å². The van der Waals surface area contributed by atoms with Crippen molar-refractivity contribution in [3.05, 3.63) is 30.9 Å². The first-order chi connectivity index (χ1) is 12.4. The van der Waals surface area contributed by atoms with Crippen molar-refractivity contribution in [2.24, 2.45) is 0 Å². The van der Waals surface area contributed by atoms with Crippen LogP contribution in [0.5, 0.6) is 0 Å². The molecule has 26 heavy (non-hydrogen) atoms. The topological polar surface area (TPSA) is 69.9 Å². The number of hydrogen-bond acceptors (Lipinski definition) is 2. The van der Waals surface area contributed by atoms with E-state index in [0.717, 1.165) is 6.42 Å². The van der Waals surface area contributed by atoms with E-state index >= 15 is 0 Å². The molecule has 4 heteroatoms. The molecule has 0 aliphatic rings. The van der Waals surface area contributed by atoms with Gasteiger partial charge in [0.2, 0.25) is 6.33 Å². The van der Waals surface area contributed by atoms with Crippen LogP contribution in [0.1, 0.15) is 103 Å². The average molecular weight is 367 g/mol.